The summed E-state index contributed by atoms with van der Waals surface area (Å²) in [5.74, 6) is 0.770. The molecular weight excluding hydrogens is 256 g/mol. The van der Waals surface area contributed by atoms with E-state index in [0.29, 0.717) is 6.54 Å². The molecule has 0 atom stereocenters. The third kappa shape index (κ3) is 3.81. The van der Waals surface area contributed by atoms with Crippen LogP contribution in [-0.2, 0) is 17.8 Å². The van der Waals surface area contributed by atoms with E-state index in [9.17, 15) is 4.79 Å². The number of carbonyl (C=O) groups excluding carboxylic acids is 1. The highest BCUT2D eigenvalue weighted by Gasteiger charge is 2.05. The second-order valence-electron chi connectivity index (χ2n) is 4.48. The number of methoxy groups -OCH3 is 1. The van der Waals surface area contributed by atoms with Gasteiger partial charge in [0.15, 0.2) is 0 Å². The number of benzene rings is 1. The molecule has 1 heterocycles. The molecule has 0 saturated heterocycles. The van der Waals surface area contributed by atoms with Gasteiger partial charge in [0.2, 0.25) is 5.91 Å². The van der Waals surface area contributed by atoms with Crippen LogP contribution in [0.15, 0.2) is 30.5 Å². The Bertz CT molecular complexity index is 563. The first kappa shape index (κ1) is 14.0. The second kappa shape index (κ2) is 6.70. The van der Waals surface area contributed by atoms with Crippen LogP contribution < -0.4 is 10.1 Å². The number of rotatable bonds is 6. The molecule has 2 aromatic rings. The molecule has 1 aromatic heterocycles. The van der Waals surface area contributed by atoms with Crippen molar-refractivity contribution in [3.8, 4) is 5.75 Å². The smallest absolute Gasteiger partial charge is 0.241 e. The predicted molar refractivity (Wildman–Crippen MR) is 74.5 cm³/mol. The SMILES string of the molecule is COc1ccc(CCNC(=O)Cn2nncc2C)cc1. The average Bonchev–Trinajstić information content (AvgIpc) is 2.85. The molecule has 6 nitrogen and oxygen atoms in total. The average molecular weight is 274 g/mol. The zero-order valence-corrected chi connectivity index (χ0v) is 11.7. The molecule has 0 unspecified atom stereocenters. The monoisotopic (exact) mass is 274 g/mol. The molecule has 0 aliphatic carbocycles. The third-order valence-corrected chi connectivity index (χ3v) is 3.00. The Morgan fingerprint density at radius 1 is 1.35 bits per heavy atom. The molecule has 6 heteroatoms. The van der Waals surface area contributed by atoms with Gasteiger partial charge in [-0.05, 0) is 31.0 Å². The summed E-state index contributed by atoms with van der Waals surface area (Å²) in [5.41, 5.74) is 2.03. The van der Waals surface area contributed by atoms with E-state index in [-0.39, 0.29) is 12.5 Å². The lowest BCUT2D eigenvalue weighted by atomic mass is 10.1. The lowest BCUT2D eigenvalue weighted by Crippen LogP contribution is -2.30. The van der Waals surface area contributed by atoms with Gasteiger partial charge in [-0.2, -0.15) is 0 Å². The molecule has 0 aliphatic heterocycles. The molecule has 0 spiro atoms. The van der Waals surface area contributed by atoms with Crippen LogP contribution in [0.5, 0.6) is 5.75 Å². The molecule has 1 amide bonds. The van der Waals surface area contributed by atoms with Crippen LogP contribution in [0.25, 0.3) is 0 Å². The normalized spacial score (nSPS) is 10.3. The van der Waals surface area contributed by atoms with E-state index >= 15 is 0 Å². The Hall–Kier alpha value is -2.37. The Balaban J connectivity index is 1.75. The van der Waals surface area contributed by atoms with Gasteiger partial charge in [-0.3, -0.25) is 4.79 Å². The van der Waals surface area contributed by atoms with Crippen LogP contribution in [0.4, 0.5) is 0 Å². The fourth-order valence-corrected chi connectivity index (χ4v) is 1.80. The number of aryl methyl sites for hydroxylation is 1. The lowest BCUT2D eigenvalue weighted by molar-refractivity contribution is -0.121. The van der Waals surface area contributed by atoms with Gasteiger partial charge >= 0.3 is 0 Å². The van der Waals surface area contributed by atoms with Crippen molar-refractivity contribution in [1.29, 1.82) is 0 Å². The minimum Gasteiger partial charge on any atom is -0.497 e. The summed E-state index contributed by atoms with van der Waals surface area (Å²) < 4.78 is 6.67. The molecule has 0 aliphatic rings. The van der Waals surface area contributed by atoms with Crippen molar-refractivity contribution >= 4 is 5.91 Å². The highest BCUT2D eigenvalue weighted by atomic mass is 16.5. The fourth-order valence-electron chi connectivity index (χ4n) is 1.80. The summed E-state index contributed by atoms with van der Waals surface area (Å²) in [5, 5.41) is 10.4. The Morgan fingerprint density at radius 2 is 2.10 bits per heavy atom. The maximum absolute atomic E-state index is 11.7. The molecule has 20 heavy (non-hydrogen) atoms. The highest BCUT2D eigenvalue weighted by Crippen LogP contribution is 2.11. The van der Waals surface area contributed by atoms with Crippen molar-refractivity contribution < 1.29 is 9.53 Å². The van der Waals surface area contributed by atoms with Crippen molar-refractivity contribution in [2.24, 2.45) is 0 Å². The van der Waals surface area contributed by atoms with Gasteiger partial charge in [0, 0.05) is 6.54 Å². The Morgan fingerprint density at radius 3 is 2.70 bits per heavy atom. The second-order valence-corrected chi connectivity index (χ2v) is 4.48. The predicted octanol–water partition coefficient (Wildman–Crippen LogP) is 0.954. The Labute approximate surface area is 117 Å². The fraction of sp³-hybridized carbons (Fsp3) is 0.357. The summed E-state index contributed by atoms with van der Waals surface area (Å²) in [6.07, 6.45) is 2.41. The highest BCUT2D eigenvalue weighted by molar-refractivity contribution is 5.75. The lowest BCUT2D eigenvalue weighted by Gasteiger charge is -2.07. The van der Waals surface area contributed by atoms with Gasteiger partial charge in [-0.1, -0.05) is 17.3 Å². The number of ether oxygens (including phenoxy) is 1. The summed E-state index contributed by atoms with van der Waals surface area (Å²) >= 11 is 0. The van der Waals surface area contributed by atoms with E-state index in [0.717, 1.165) is 23.4 Å². The molecule has 0 saturated carbocycles. The van der Waals surface area contributed by atoms with E-state index in [1.165, 1.54) is 0 Å². The van der Waals surface area contributed by atoms with Crippen LogP contribution in [0.3, 0.4) is 0 Å². The molecule has 1 aromatic carbocycles. The molecular formula is C14H18N4O2. The minimum absolute atomic E-state index is 0.0629. The number of hydrogen-bond acceptors (Lipinski definition) is 4. The summed E-state index contributed by atoms with van der Waals surface area (Å²) in [7, 11) is 1.64. The Kier molecular flexibility index (Phi) is 4.70. The maximum Gasteiger partial charge on any atom is 0.241 e. The molecule has 106 valence electrons. The number of nitrogens with zero attached hydrogens (tertiary/aromatic N) is 3. The van der Waals surface area contributed by atoms with Crippen molar-refractivity contribution in [3.63, 3.8) is 0 Å². The van der Waals surface area contributed by atoms with Crippen LogP contribution >= 0.6 is 0 Å². The summed E-state index contributed by atoms with van der Waals surface area (Å²) in [6, 6.07) is 7.81. The molecule has 1 N–H and O–H groups in total. The van der Waals surface area contributed by atoms with Gasteiger partial charge < -0.3 is 10.1 Å². The van der Waals surface area contributed by atoms with Gasteiger partial charge in [-0.25, -0.2) is 4.68 Å². The van der Waals surface area contributed by atoms with Crippen molar-refractivity contribution in [2.45, 2.75) is 19.9 Å². The number of carbonyl (C=O) groups is 1. The van der Waals surface area contributed by atoms with Crippen LogP contribution in [0.2, 0.25) is 0 Å². The number of amides is 1. The summed E-state index contributed by atoms with van der Waals surface area (Å²) in [4.78, 5) is 11.7. The summed E-state index contributed by atoms with van der Waals surface area (Å²) in [6.45, 7) is 2.66. The molecule has 0 radical (unpaired) electrons. The first-order valence-electron chi connectivity index (χ1n) is 6.44. The molecule has 2 rings (SSSR count). The van der Waals surface area contributed by atoms with Gasteiger partial charge in [0.25, 0.3) is 0 Å². The number of aromatic nitrogens is 3. The van der Waals surface area contributed by atoms with E-state index in [2.05, 4.69) is 15.6 Å². The first-order valence-corrected chi connectivity index (χ1v) is 6.44. The standard InChI is InChI=1S/C14H18N4O2/c1-11-9-16-17-18(11)10-14(19)15-8-7-12-3-5-13(20-2)6-4-12/h3-6,9H,7-8,10H2,1-2H3,(H,15,19). The van der Waals surface area contributed by atoms with Crippen LogP contribution in [0, 0.1) is 6.92 Å². The van der Waals surface area contributed by atoms with E-state index < -0.39 is 0 Å². The minimum atomic E-state index is -0.0629. The molecule has 0 fully saturated rings. The quantitative estimate of drug-likeness (QED) is 0.851. The van der Waals surface area contributed by atoms with Gasteiger partial charge in [-0.15, -0.1) is 5.10 Å². The van der Waals surface area contributed by atoms with E-state index in [4.69, 9.17) is 4.74 Å². The number of nitrogens with one attached hydrogen (secondary N) is 1. The third-order valence-electron chi connectivity index (χ3n) is 3.00. The van der Waals surface area contributed by atoms with Gasteiger partial charge in [0.1, 0.15) is 12.3 Å². The molecule has 0 bridgehead atoms. The van der Waals surface area contributed by atoms with Crippen molar-refractivity contribution in [3.05, 3.63) is 41.7 Å². The number of hydrogen-bond donors (Lipinski definition) is 1. The topological polar surface area (TPSA) is 69.0 Å². The van der Waals surface area contributed by atoms with Crippen molar-refractivity contribution in [2.75, 3.05) is 13.7 Å². The zero-order valence-electron chi connectivity index (χ0n) is 11.7. The van der Waals surface area contributed by atoms with Crippen LogP contribution in [-0.4, -0.2) is 34.6 Å². The van der Waals surface area contributed by atoms with Crippen molar-refractivity contribution in [1.82, 2.24) is 20.3 Å². The maximum atomic E-state index is 11.7. The largest absolute Gasteiger partial charge is 0.497 e. The van der Waals surface area contributed by atoms with Gasteiger partial charge in [0.05, 0.1) is 19.0 Å². The first-order chi connectivity index (χ1) is 9.69. The zero-order chi connectivity index (χ0) is 14.4. The van der Waals surface area contributed by atoms with Crippen LogP contribution in [0.1, 0.15) is 11.3 Å². The van der Waals surface area contributed by atoms with E-state index in [1.807, 2.05) is 31.2 Å². The van der Waals surface area contributed by atoms with E-state index in [1.54, 1.807) is 18.0 Å².